The lowest BCUT2D eigenvalue weighted by Gasteiger charge is -2.26. The van der Waals surface area contributed by atoms with E-state index in [0.29, 0.717) is 0 Å². The predicted molar refractivity (Wildman–Crippen MR) is 243 cm³/mol. The minimum atomic E-state index is -3.85. The smallest absolute Gasteiger partial charge is 0.261 e. The number of halogens is 2. The fourth-order valence-electron chi connectivity index (χ4n) is 6.16. The van der Waals surface area contributed by atoms with E-state index < -0.39 is 40.1 Å². The van der Waals surface area contributed by atoms with E-state index in [1.54, 1.807) is 66.7 Å². The maximum atomic E-state index is 12.8. The van der Waals surface area contributed by atoms with Crippen LogP contribution in [0.25, 0.3) is 0 Å². The van der Waals surface area contributed by atoms with Crippen LogP contribution >= 0.6 is 24.8 Å². The zero-order chi connectivity index (χ0) is 41.3. The Morgan fingerprint density at radius 2 is 0.966 bits per heavy atom. The molecule has 22 heteroatoms. The highest BCUT2D eigenvalue weighted by Gasteiger charge is 2.23. The molecule has 4 aromatic rings. The molecule has 59 heavy (non-hydrogen) atoms. The molecular formula is C37H52Cl2N8O8S4. The van der Waals surface area contributed by atoms with Crippen LogP contribution in [-0.4, -0.2) is 106 Å². The maximum Gasteiger partial charge on any atom is 0.261 e. The van der Waals surface area contributed by atoms with Gasteiger partial charge in [0.25, 0.3) is 20.0 Å². The van der Waals surface area contributed by atoms with Gasteiger partial charge in [0.15, 0.2) is 0 Å². The van der Waals surface area contributed by atoms with E-state index in [-0.39, 0.29) is 57.4 Å². The lowest BCUT2D eigenvalue weighted by molar-refractivity contribution is 0.598. The molecule has 6 rings (SSSR count). The van der Waals surface area contributed by atoms with Crippen LogP contribution in [0, 0.1) is 0 Å². The second kappa shape index (κ2) is 21.5. The lowest BCUT2D eigenvalue weighted by atomic mass is 10.2. The summed E-state index contributed by atoms with van der Waals surface area (Å²) in [5.74, 6) is 0. The Balaban J connectivity index is 0.000000305. The summed E-state index contributed by atoms with van der Waals surface area (Å²) in [5, 5.41) is 6.65. The first kappa shape index (κ1) is 49.3. The third-order valence-electron chi connectivity index (χ3n) is 9.12. The lowest BCUT2D eigenvalue weighted by Crippen LogP contribution is -2.29. The Bertz CT molecular complexity index is 2420. The standard InChI is InChI=1S/C19H26N4O4S2.C18H24N4O4S2.2ClH/c1-22(28(2,24)25)19-15-16(23-13-6-11-20-12-14-23)9-10-18(19)21-29(26,27)17-7-4-3-5-8-17;1-27(23,24)20-18-14-15(22-12-5-10-19-11-13-22)8-9-17(18)21-28(25,26)16-6-3-2-4-7-16;;/h3-5,7-10,15,20-21H,6,11-14H2,1-2H3;2-4,6-9,14,19-21H,5,10-13H2,1H3;2*1H. The molecule has 2 heterocycles. The summed E-state index contributed by atoms with van der Waals surface area (Å²) >= 11 is 0. The van der Waals surface area contributed by atoms with Crippen LogP contribution in [0.3, 0.4) is 0 Å². The van der Waals surface area contributed by atoms with Gasteiger partial charge in [-0.1, -0.05) is 36.4 Å². The van der Waals surface area contributed by atoms with Gasteiger partial charge in [-0.15, -0.1) is 24.8 Å². The Morgan fingerprint density at radius 3 is 1.42 bits per heavy atom. The van der Waals surface area contributed by atoms with Gasteiger partial charge in [-0.05, 0) is 86.6 Å². The van der Waals surface area contributed by atoms with Crippen molar-refractivity contribution in [3.63, 3.8) is 0 Å². The van der Waals surface area contributed by atoms with E-state index in [9.17, 15) is 33.7 Å². The van der Waals surface area contributed by atoms with Crippen molar-refractivity contribution in [2.75, 3.05) is 100 Å². The Hall–Kier alpha value is -4.02. The second-order valence-corrected chi connectivity index (χ2v) is 20.7. The van der Waals surface area contributed by atoms with Crippen molar-refractivity contribution in [3.05, 3.63) is 97.1 Å². The molecule has 0 radical (unpaired) electrons. The molecule has 2 fully saturated rings. The van der Waals surface area contributed by atoms with Crippen molar-refractivity contribution in [1.29, 1.82) is 0 Å². The van der Waals surface area contributed by atoms with E-state index in [1.165, 1.54) is 31.3 Å². The average molecular weight is 936 g/mol. The molecule has 0 aliphatic carbocycles. The highest BCUT2D eigenvalue weighted by molar-refractivity contribution is 7.93. The van der Waals surface area contributed by atoms with Crippen LogP contribution in [0.2, 0.25) is 0 Å². The van der Waals surface area contributed by atoms with E-state index in [4.69, 9.17) is 0 Å². The third-order valence-corrected chi connectivity index (χ3v) is 13.7. The Kier molecular flexibility index (Phi) is 18.0. The van der Waals surface area contributed by atoms with Crippen molar-refractivity contribution >= 4 is 99.0 Å². The van der Waals surface area contributed by atoms with Gasteiger partial charge in [0.2, 0.25) is 20.0 Å². The molecular weight excluding hydrogens is 884 g/mol. The minimum Gasteiger partial charge on any atom is -0.370 e. The van der Waals surface area contributed by atoms with Crippen molar-refractivity contribution in [2.45, 2.75) is 22.6 Å². The highest BCUT2D eigenvalue weighted by atomic mass is 35.5. The van der Waals surface area contributed by atoms with Crippen LogP contribution in [0.4, 0.5) is 34.1 Å². The Morgan fingerprint density at radius 1 is 0.525 bits per heavy atom. The van der Waals surface area contributed by atoms with E-state index in [1.807, 2.05) is 6.07 Å². The summed E-state index contributed by atoms with van der Waals surface area (Å²) in [6.07, 6.45) is 4.06. The monoisotopic (exact) mass is 934 g/mol. The molecule has 16 nitrogen and oxygen atoms in total. The van der Waals surface area contributed by atoms with Gasteiger partial charge in [0, 0.05) is 57.7 Å². The van der Waals surface area contributed by atoms with Gasteiger partial charge in [-0.3, -0.25) is 18.5 Å². The largest absolute Gasteiger partial charge is 0.370 e. The molecule has 0 saturated carbocycles. The number of nitrogens with one attached hydrogen (secondary N) is 5. The van der Waals surface area contributed by atoms with Crippen LogP contribution in [-0.2, 0) is 40.1 Å². The molecule has 0 aromatic heterocycles. The molecule has 2 aliphatic rings. The quantitative estimate of drug-likeness (QED) is 0.136. The van der Waals surface area contributed by atoms with E-state index >= 15 is 0 Å². The topological polar surface area (TPSA) is 206 Å². The molecule has 0 spiro atoms. The molecule has 4 aromatic carbocycles. The zero-order valence-corrected chi connectivity index (χ0v) is 37.8. The number of rotatable bonds is 12. The fourth-order valence-corrected chi connectivity index (χ4v) is 9.43. The highest BCUT2D eigenvalue weighted by Crippen LogP contribution is 2.34. The van der Waals surface area contributed by atoms with Crippen molar-refractivity contribution in [2.24, 2.45) is 0 Å². The molecule has 0 unspecified atom stereocenters. The number of benzene rings is 4. The van der Waals surface area contributed by atoms with Crippen LogP contribution in [0.5, 0.6) is 0 Å². The number of nitrogens with zero attached hydrogens (tertiary/aromatic N) is 3. The number of hydrogen-bond acceptors (Lipinski definition) is 12. The van der Waals surface area contributed by atoms with Gasteiger partial charge in [-0.25, -0.2) is 33.7 Å². The number of sulfonamides is 4. The Labute approximate surface area is 361 Å². The van der Waals surface area contributed by atoms with Gasteiger partial charge < -0.3 is 20.4 Å². The summed E-state index contributed by atoms with van der Waals surface area (Å²) in [4.78, 5) is 4.51. The van der Waals surface area contributed by atoms with Crippen molar-refractivity contribution in [3.8, 4) is 0 Å². The molecule has 5 N–H and O–H groups in total. The summed E-state index contributed by atoms with van der Waals surface area (Å²) in [6, 6.07) is 26.1. The minimum absolute atomic E-state index is 0. The SMILES string of the molecule is CN(c1cc(N2CCCNCC2)ccc1NS(=O)(=O)c1ccccc1)S(C)(=O)=O.CS(=O)(=O)Nc1cc(N2CCCNCC2)ccc1NS(=O)(=O)c1ccccc1.Cl.Cl. The van der Waals surface area contributed by atoms with Crippen molar-refractivity contribution in [1.82, 2.24) is 10.6 Å². The third kappa shape index (κ3) is 14.3. The molecule has 0 bridgehead atoms. The molecule has 0 atom stereocenters. The molecule has 2 aliphatic heterocycles. The van der Waals surface area contributed by atoms with Gasteiger partial charge in [-0.2, -0.15) is 0 Å². The van der Waals surface area contributed by atoms with Crippen LogP contribution in [0.15, 0.2) is 107 Å². The van der Waals surface area contributed by atoms with Gasteiger partial charge >= 0.3 is 0 Å². The zero-order valence-electron chi connectivity index (χ0n) is 32.9. The first-order valence-electron chi connectivity index (χ1n) is 18.2. The van der Waals surface area contributed by atoms with Crippen LogP contribution < -0.4 is 38.9 Å². The average Bonchev–Trinajstić information content (AvgIpc) is 3.62. The molecule has 2 saturated heterocycles. The van der Waals surface area contributed by atoms with Crippen molar-refractivity contribution < 1.29 is 33.7 Å². The molecule has 0 amide bonds. The fraction of sp³-hybridized carbons (Fsp3) is 0.351. The first-order valence-corrected chi connectivity index (χ1v) is 24.9. The van der Waals surface area contributed by atoms with Gasteiger partial charge in [0.05, 0.1) is 45.1 Å². The summed E-state index contributed by atoms with van der Waals surface area (Å²) in [7, 11) is -13.5. The normalized spacial score (nSPS) is 15.1. The second-order valence-electron chi connectivity index (χ2n) is 13.6. The summed E-state index contributed by atoms with van der Waals surface area (Å²) in [6.45, 7) is 6.77. The maximum absolute atomic E-state index is 12.8. The van der Waals surface area contributed by atoms with E-state index in [2.05, 4.69) is 34.6 Å². The first-order chi connectivity index (χ1) is 26.9. The predicted octanol–water partition coefficient (Wildman–Crippen LogP) is 4.19. The van der Waals surface area contributed by atoms with Crippen LogP contribution in [0.1, 0.15) is 12.8 Å². The summed E-state index contributed by atoms with van der Waals surface area (Å²) < 4.78 is 107. The van der Waals surface area contributed by atoms with E-state index in [0.717, 1.165) is 93.4 Å². The summed E-state index contributed by atoms with van der Waals surface area (Å²) in [5.41, 5.74) is 2.53. The number of anilines is 6. The number of hydrogen-bond donors (Lipinski definition) is 5. The van der Waals surface area contributed by atoms with Gasteiger partial charge in [0.1, 0.15) is 0 Å². The molecule has 326 valence electrons.